The fraction of sp³-hybridized carbons (Fsp3) is 0.278. The van der Waals surface area contributed by atoms with Crippen LogP contribution in [0.2, 0.25) is 0 Å². The summed E-state index contributed by atoms with van der Waals surface area (Å²) < 4.78 is 45.0. The third-order valence-electron chi connectivity index (χ3n) is 3.86. The molecule has 0 saturated carbocycles. The maximum absolute atomic E-state index is 13.1. The number of nitrogens with zero attached hydrogens (tertiary/aromatic N) is 2. The normalized spacial score (nSPS) is 16.0. The topological polar surface area (TPSA) is 68.2 Å². The minimum atomic E-state index is -3.55. The van der Waals surface area contributed by atoms with E-state index < -0.39 is 10.0 Å². The molecule has 3 rings (SSSR count). The van der Waals surface area contributed by atoms with Crippen molar-refractivity contribution in [3.63, 3.8) is 0 Å². The Morgan fingerprint density at radius 2 is 1.92 bits per heavy atom. The molecule has 0 radical (unpaired) electrons. The summed E-state index contributed by atoms with van der Waals surface area (Å²) in [6.07, 6.45) is 1.40. The van der Waals surface area contributed by atoms with Gasteiger partial charge in [-0.05, 0) is 35.4 Å². The highest BCUT2D eigenvalue weighted by atomic mass is 32.2. The van der Waals surface area contributed by atoms with Crippen LogP contribution in [0.4, 0.5) is 4.39 Å². The number of morpholine rings is 1. The molecule has 0 N–H and O–H groups in total. The van der Waals surface area contributed by atoms with E-state index in [2.05, 4.69) is 5.16 Å². The molecule has 2 aromatic rings. The predicted octanol–water partition coefficient (Wildman–Crippen LogP) is 2.40. The third-order valence-corrected chi connectivity index (χ3v) is 5.76. The van der Waals surface area contributed by atoms with Gasteiger partial charge in [0.25, 0.3) is 0 Å². The van der Waals surface area contributed by atoms with E-state index in [9.17, 15) is 12.8 Å². The Kier molecular flexibility index (Phi) is 5.97. The summed E-state index contributed by atoms with van der Waals surface area (Å²) in [6, 6.07) is 12.5. The number of hydrogen-bond acceptors (Lipinski definition) is 5. The number of benzene rings is 2. The molecule has 0 aliphatic carbocycles. The summed E-state index contributed by atoms with van der Waals surface area (Å²) in [5.41, 5.74) is 1.25. The van der Waals surface area contributed by atoms with Crippen molar-refractivity contribution in [3.8, 4) is 0 Å². The van der Waals surface area contributed by atoms with Gasteiger partial charge >= 0.3 is 0 Å². The maximum Gasteiger partial charge on any atom is 0.243 e. The first-order chi connectivity index (χ1) is 12.6. The molecule has 1 aliphatic rings. The van der Waals surface area contributed by atoms with Crippen LogP contribution >= 0.6 is 0 Å². The fourth-order valence-electron chi connectivity index (χ4n) is 2.53. The SMILES string of the molecule is O=S(=O)(c1cccc(CO/N=C\c2cccc(F)c2)c1)N1CCOCC1. The second-order valence-electron chi connectivity index (χ2n) is 5.73. The van der Waals surface area contributed by atoms with Crippen molar-refractivity contribution in [1.29, 1.82) is 0 Å². The molecular formula is C18H19FN2O4S. The number of rotatable bonds is 6. The Hall–Kier alpha value is -2.29. The van der Waals surface area contributed by atoms with E-state index >= 15 is 0 Å². The van der Waals surface area contributed by atoms with Gasteiger partial charge < -0.3 is 9.57 Å². The van der Waals surface area contributed by atoms with Gasteiger partial charge in [0.1, 0.15) is 12.4 Å². The minimum Gasteiger partial charge on any atom is -0.391 e. The van der Waals surface area contributed by atoms with Gasteiger partial charge in [-0.25, -0.2) is 12.8 Å². The largest absolute Gasteiger partial charge is 0.391 e. The second-order valence-corrected chi connectivity index (χ2v) is 7.66. The summed E-state index contributed by atoms with van der Waals surface area (Å²) in [6.45, 7) is 1.61. The Labute approximate surface area is 151 Å². The van der Waals surface area contributed by atoms with Crippen LogP contribution in [-0.2, 0) is 26.2 Å². The van der Waals surface area contributed by atoms with Crippen molar-refractivity contribution in [2.24, 2.45) is 5.16 Å². The molecule has 1 saturated heterocycles. The van der Waals surface area contributed by atoms with Gasteiger partial charge in [0.2, 0.25) is 10.0 Å². The van der Waals surface area contributed by atoms with Crippen LogP contribution in [0.1, 0.15) is 11.1 Å². The van der Waals surface area contributed by atoms with Crippen molar-refractivity contribution >= 4 is 16.2 Å². The maximum atomic E-state index is 13.1. The van der Waals surface area contributed by atoms with Gasteiger partial charge in [-0.1, -0.05) is 29.4 Å². The van der Waals surface area contributed by atoms with Crippen LogP contribution in [0.25, 0.3) is 0 Å². The lowest BCUT2D eigenvalue weighted by Gasteiger charge is -2.26. The van der Waals surface area contributed by atoms with Crippen molar-refractivity contribution in [2.45, 2.75) is 11.5 Å². The average Bonchev–Trinajstić information content (AvgIpc) is 2.66. The van der Waals surface area contributed by atoms with Crippen molar-refractivity contribution < 1.29 is 22.4 Å². The molecule has 1 fully saturated rings. The predicted molar refractivity (Wildman–Crippen MR) is 94.8 cm³/mol. The Morgan fingerprint density at radius 3 is 2.69 bits per heavy atom. The van der Waals surface area contributed by atoms with E-state index in [1.807, 2.05) is 0 Å². The molecule has 0 aromatic heterocycles. The highest BCUT2D eigenvalue weighted by Gasteiger charge is 2.26. The van der Waals surface area contributed by atoms with Gasteiger partial charge in [0.05, 0.1) is 24.3 Å². The first-order valence-electron chi connectivity index (χ1n) is 8.13. The molecule has 0 unspecified atom stereocenters. The number of sulfonamides is 1. The van der Waals surface area contributed by atoms with Gasteiger partial charge in [-0.3, -0.25) is 0 Å². The minimum absolute atomic E-state index is 0.109. The lowest BCUT2D eigenvalue weighted by Crippen LogP contribution is -2.40. The van der Waals surface area contributed by atoms with Gasteiger partial charge in [-0.2, -0.15) is 4.31 Å². The first kappa shape index (κ1) is 18.5. The van der Waals surface area contributed by atoms with E-state index in [1.165, 1.54) is 22.7 Å². The van der Waals surface area contributed by atoms with Crippen LogP contribution < -0.4 is 0 Å². The molecule has 8 heteroatoms. The second kappa shape index (κ2) is 8.39. The Balaban J connectivity index is 1.64. The van der Waals surface area contributed by atoms with Gasteiger partial charge in [0.15, 0.2) is 0 Å². The zero-order valence-corrected chi connectivity index (χ0v) is 14.9. The van der Waals surface area contributed by atoms with E-state index in [4.69, 9.17) is 9.57 Å². The zero-order valence-electron chi connectivity index (χ0n) is 14.0. The Morgan fingerprint density at radius 1 is 1.15 bits per heavy atom. The molecular weight excluding hydrogens is 359 g/mol. The lowest BCUT2D eigenvalue weighted by molar-refractivity contribution is 0.0730. The summed E-state index contributed by atoms with van der Waals surface area (Å²) in [5, 5.41) is 3.79. The van der Waals surface area contributed by atoms with E-state index in [0.29, 0.717) is 37.4 Å². The van der Waals surface area contributed by atoms with E-state index in [1.54, 1.807) is 36.4 Å². The zero-order chi connectivity index (χ0) is 18.4. The number of ether oxygens (including phenoxy) is 1. The fourth-order valence-corrected chi connectivity index (χ4v) is 4.01. The van der Waals surface area contributed by atoms with Crippen LogP contribution in [0, 0.1) is 5.82 Å². The first-order valence-corrected chi connectivity index (χ1v) is 9.57. The van der Waals surface area contributed by atoms with Crippen LogP contribution in [-0.4, -0.2) is 45.2 Å². The van der Waals surface area contributed by atoms with Gasteiger partial charge in [-0.15, -0.1) is 0 Å². The van der Waals surface area contributed by atoms with Crippen molar-refractivity contribution in [3.05, 3.63) is 65.5 Å². The molecule has 26 heavy (non-hydrogen) atoms. The standard InChI is InChI=1S/C18H19FN2O4S/c19-17-5-1-3-15(11-17)13-20-25-14-16-4-2-6-18(12-16)26(22,23)21-7-9-24-10-8-21/h1-6,11-13H,7-10,14H2/b20-13-. The summed E-state index contributed by atoms with van der Waals surface area (Å²) >= 11 is 0. The molecule has 0 atom stereocenters. The number of hydrogen-bond donors (Lipinski definition) is 0. The highest BCUT2D eigenvalue weighted by molar-refractivity contribution is 7.89. The van der Waals surface area contributed by atoms with E-state index in [-0.39, 0.29) is 17.3 Å². The summed E-state index contributed by atoms with van der Waals surface area (Å²) in [4.78, 5) is 5.41. The summed E-state index contributed by atoms with van der Waals surface area (Å²) in [7, 11) is -3.55. The Bertz CT molecular complexity index is 880. The van der Waals surface area contributed by atoms with Crippen LogP contribution in [0.3, 0.4) is 0 Å². The molecule has 2 aromatic carbocycles. The van der Waals surface area contributed by atoms with E-state index in [0.717, 1.165) is 0 Å². The van der Waals surface area contributed by atoms with Crippen molar-refractivity contribution in [2.75, 3.05) is 26.3 Å². The highest BCUT2D eigenvalue weighted by Crippen LogP contribution is 2.18. The number of halogens is 1. The van der Waals surface area contributed by atoms with Crippen LogP contribution in [0.5, 0.6) is 0 Å². The van der Waals surface area contributed by atoms with Crippen LogP contribution in [0.15, 0.2) is 58.6 Å². The third kappa shape index (κ3) is 4.66. The molecule has 138 valence electrons. The molecule has 1 heterocycles. The molecule has 6 nitrogen and oxygen atoms in total. The molecule has 0 amide bonds. The summed E-state index contributed by atoms with van der Waals surface area (Å²) in [5.74, 6) is -0.352. The monoisotopic (exact) mass is 378 g/mol. The molecule has 0 spiro atoms. The lowest BCUT2D eigenvalue weighted by atomic mass is 10.2. The molecule has 0 bridgehead atoms. The average molecular weight is 378 g/mol. The van der Waals surface area contributed by atoms with Crippen molar-refractivity contribution in [1.82, 2.24) is 4.31 Å². The number of oxime groups is 1. The quantitative estimate of drug-likeness (QED) is 0.572. The van der Waals surface area contributed by atoms with Gasteiger partial charge in [0, 0.05) is 13.1 Å². The smallest absolute Gasteiger partial charge is 0.243 e. The molecule has 1 aliphatic heterocycles.